The molecule has 1 aromatic heterocycles. The Balaban J connectivity index is 2.40. The maximum absolute atomic E-state index is 13.1. The zero-order valence-corrected chi connectivity index (χ0v) is 8.61. The van der Waals surface area contributed by atoms with Crippen LogP contribution in [0.15, 0.2) is 36.5 Å². The number of fused-ring (bicyclic) bond motifs is 3. The number of aromatic nitrogens is 1. The van der Waals surface area contributed by atoms with E-state index in [2.05, 4.69) is 4.98 Å². The van der Waals surface area contributed by atoms with Gasteiger partial charge in [0.25, 0.3) is 0 Å². The minimum absolute atomic E-state index is 0.0844. The van der Waals surface area contributed by atoms with Crippen LogP contribution in [0, 0.1) is 5.82 Å². The molecular formula is C13H6FNO2. The first-order chi connectivity index (χ1) is 8.18. The van der Waals surface area contributed by atoms with Gasteiger partial charge in [-0.2, -0.15) is 0 Å². The molecule has 4 heteroatoms. The lowest BCUT2D eigenvalue weighted by Crippen LogP contribution is -2.22. The summed E-state index contributed by atoms with van der Waals surface area (Å²) >= 11 is 0. The number of rotatable bonds is 0. The summed E-state index contributed by atoms with van der Waals surface area (Å²) in [6.45, 7) is 0. The number of carbonyl (C=O) groups excluding carboxylic acids is 2. The van der Waals surface area contributed by atoms with Gasteiger partial charge in [0, 0.05) is 17.3 Å². The third-order valence-corrected chi connectivity index (χ3v) is 2.74. The third kappa shape index (κ3) is 1.30. The summed E-state index contributed by atoms with van der Waals surface area (Å²) in [5.41, 5.74) is 1.30. The fourth-order valence-corrected chi connectivity index (χ4v) is 1.96. The highest BCUT2D eigenvalue weighted by Gasteiger charge is 2.31. The number of carbonyl (C=O) groups is 2. The molecule has 3 rings (SSSR count). The second-order valence-corrected chi connectivity index (χ2v) is 3.75. The highest BCUT2D eigenvalue weighted by Crippen LogP contribution is 2.31. The van der Waals surface area contributed by atoms with Crippen LogP contribution in [0.2, 0.25) is 0 Å². The predicted octanol–water partition coefficient (Wildman–Crippen LogP) is 2.27. The molecule has 0 saturated heterocycles. The van der Waals surface area contributed by atoms with Crippen molar-refractivity contribution in [1.29, 1.82) is 0 Å². The van der Waals surface area contributed by atoms with Crippen molar-refractivity contribution in [3.63, 3.8) is 0 Å². The predicted molar refractivity (Wildman–Crippen MR) is 58.3 cm³/mol. The first-order valence-corrected chi connectivity index (χ1v) is 5.02. The molecule has 1 aromatic carbocycles. The molecule has 0 N–H and O–H groups in total. The van der Waals surface area contributed by atoms with Crippen LogP contribution in [-0.2, 0) is 0 Å². The Morgan fingerprint density at radius 3 is 2.53 bits per heavy atom. The van der Waals surface area contributed by atoms with Gasteiger partial charge in [-0.1, -0.05) is 0 Å². The Labute approximate surface area is 95.9 Å². The number of benzene rings is 1. The SMILES string of the molecule is O=C1C(=O)c2cccnc2-c2ccc(F)cc21. The van der Waals surface area contributed by atoms with Gasteiger partial charge in [-0.25, -0.2) is 4.39 Å². The standard InChI is InChI=1S/C13H6FNO2/c14-7-3-4-8-10(6-7)13(17)12(16)9-2-1-5-15-11(8)9/h1-6H. The van der Waals surface area contributed by atoms with Gasteiger partial charge in [0.05, 0.1) is 11.3 Å². The number of Topliss-reactive ketones (excluding diaryl/α,β-unsaturated/α-hetero) is 2. The summed E-state index contributed by atoms with van der Waals surface area (Å²) in [6, 6.07) is 6.95. The highest BCUT2D eigenvalue weighted by molar-refractivity contribution is 6.52. The lowest BCUT2D eigenvalue weighted by Gasteiger charge is -2.16. The molecule has 0 unspecified atom stereocenters. The summed E-state index contributed by atoms with van der Waals surface area (Å²) in [5.74, 6) is -1.85. The van der Waals surface area contributed by atoms with Crippen molar-refractivity contribution < 1.29 is 14.0 Å². The van der Waals surface area contributed by atoms with Crippen LogP contribution in [0.25, 0.3) is 11.3 Å². The Bertz CT molecular complexity index is 664. The van der Waals surface area contributed by atoms with E-state index in [0.29, 0.717) is 11.3 Å². The monoisotopic (exact) mass is 227 g/mol. The third-order valence-electron chi connectivity index (χ3n) is 2.74. The van der Waals surface area contributed by atoms with E-state index in [-0.39, 0.29) is 11.1 Å². The Morgan fingerprint density at radius 1 is 0.941 bits per heavy atom. The summed E-state index contributed by atoms with van der Waals surface area (Å²) < 4.78 is 13.1. The lowest BCUT2D eigenvalue weighted by atomic mass is 9.87. The molecule has 0 spiro atoms. The number of ketones is 2. The molecule has 1 aliphatic rings. The average molecular weight is 227 g/mol. The number of pyridine rings is 1. The molecule has 0 fully saturated rings. The minimum atomic E-state index is -0.681. The van der Waals surface area contributed by atoms with Crippen molar-refractivity contribution in [2.75, 3.05) is 0 Å². The molecule has 1 aliphatic carbocycles. The van der Waals surface area contributed by atoms with Crippen molar-refractivity contribution in [2.45, 2.75) is 0 Å². The number of halogens is 1. The van der Waals surface area contributed by atoms with Gasteiger partial charge < -0.3 is 0 Å². The largest absolute Gasteiger partial charge is 0.285 e. The molecule has 0 atom stereocenters. The van der Waals surface area contributed by atoms with Gasteiger partial charge in [0.1, 0.15) is 5.82 Å². The highest BCUT2D eigenvalue weighted by atomic mass is 19.1. The second-order valence-electron chi connectivity index (χ2n) is 3.75. The van der Waals surface area contributed by atoms with Crippen molar-refractivity contribution in [3.05, 3.63) is 53.5 Å². The van der Waals surface area contributed by atoms with Gasteiger partial charge in [-0.05, 0) is 30.3 Å². The minimum Gasteiger partial charge on any atom is -0.285 e. The van der Waals surface area contributed by atoms with Gasteiger partial charge >= 0.3 is 0 Å². The topological polar surface area (TPSA) is 47.0 Å². The van der Waals surface area contributed by atoms with E-state index in [9.17, 15) is 14.0 Å². The molecule has 82 valence electrons. The number of hydrogen-bond donors (Lipinski definition) is 0. The summed E-state index contributed by atoms with van der Waals surface area (Å²) in [6.07, 6.45) is 1.54. The summed E-state index contributed by atoms with van der Waals surface area (Å²) in [4.78, 5) is 27.6. The molecule has 0 aliphatic heterocycles. The van der Waals surface area contributed by atoms with E-state index in [4.69, 9.17) is 0 Å². The Kier molecular flexibility index (Phi) is 1.92. The fourth-order valence-electron chi connectivity index (χ4n) is 1.96. The maximum atomic E-state index is 13.1. The van der Waals surface area contributed by atoms with Crippen LogP contribution < -0.4 is 0 Å². The quantitative estimate of drug-likeness (QED) is 0.648. The molecule has 0 amide bonds. The molecule has 17 heavy (non-hydrogen) atoms. The molecule has 0 bridgehead atoms. The first-order valence-electron chi connectivity index (χ1n) is 5.02. The van der Waals surface area contributed by atoms with E-state index < -0.39 is 17.4 Å². The van der Waals surface area contributed by atoms with Crippen molar-refractivity contribution >= 4 is 11.6 Å². The van der Waals surface area contributed by atoms with Crippen LogP contribution in [-0.4, -0.2) is 16.6 Å². The normalized spacial score (nSPS) is 13.2. The van der Waals surface area contributed by atoms with Gasteiger partial charge in [-0.3, -0.25) is 14.6 Å². The fraction of sp³-hybridized carbons (Fsp3) is 0. The molecule has 2 aromatic rings. The number of hydrogen-bond acceptors (Lipinski definition) is 3. The average Bonchev–Trinajstić information content (AvgIpc) is 2.36. The van der Waals surface area contributed by atoms with E-state index in [1.165, 1.54) is 18.3 Å². The summed E-state index contributed by atoms with van der Waals surface area (Å²) in [7, 11) is 0. The molecule has 3 nitrogen and oxygen atoms in total. The van der Waals surface area contributed by atoms with E-state index >= 15 is 0 Å². The van der Waals surface area contributed by atoms with Crippen LogP contribution in [0.5, 0.6) is 0 Å². The molecular weight excluding hydrogens is 221 g/mol. The molecule has 0 saturated carbocycles. The van der Waals surface area contributed by atoms with Crippen LogP contribution in [0.1, 0.15) is 20.7 Å². The molecule has 1 heterocycles. The van der Waals surface area contributed by atoms with E-state index in [1.54, 1.807) is 12.1 Å². The smallest absolute Gasteiger partial charge is 0.235 e. The van der Waals surface area contributed by atoms with Crippen molar-refractivity contribution in [3.8, 4) is 11.3 Å². The lowest BCUT2D eigenvalue weighted by molar-refractivity contribution is 0.0815. The van der Waals surface area contributed by atoms with Crippen molar-refractivity contribution in [1.82, 2.24) is 4.98 Å². The Morgan fingerprint density at radius 2 is 1.71 bits per heavy atom. The first kappa shape index (κ1) is 9.84. The summed E-state index contributed by atoms with van der Waals surface area (Å²) in [5, 5.41) is 0. The zero-order valence-electron chi connectivity index (χ0n) is 8.61. The zero-order chi connectivity index (χ0) is 12.0. The van der Waals surface area contributed by atoms with Crippen LogP contribution in [0.4, 0.5) is 4.39 Å². The number of nitrogens with zero attached hydrogens (tertiary/aromatic N) is 1. The van der Waals surface area contributed by atoms with Crippen LogP contribution >= 0.6 is 0 Å². The van der Waals surface area contributed by atoms with E-state index in [0.717, 1.165) is 6.07 Å². The maximum Gasteiger partial charge on any atom is 0.235 e. The van der Waals surface area contributed by atoms with Gasteiger partial charge in [0.2, 0.25) is 11.6 Å². The van der Waals surface area contributed by atoms with Gasteiger partial charge in [0.15, 0.2) is 0 Å². The van der Waals surface area contributed by atoms with Crippen LogP contribution in [0.3, 0.4) is 0 Å². The van der Waals surface area contributed by atoms with E-state index in [1.807, 2.05) is 0 Å². The van der Waals surface area contributed by atoms with Crippen molar-refractivity contribution in [2.24, 2.45) is 0 Å². The molecule has 0 radical (unpaired) electrons. The second kappa shape index (κ2) is 3.31. The Hall–Kier alpha value is -2.36. The van der Waals surface area contributed by atoms with Gasteiger partial charge in [-0.15, -0.1) is 0 Å².